The van der Waals surface area contributed by atoms with Crippen molar-refractivity contribution in [2.24, 2.45) is 0 Å². The summed E-state index contributed by atoms with van der Waals surface area (Å²) < 4.78 is 5.32. The fourth-order valence-corrected chi connectivity index (χ4v) is 2.52. The van der Waals surface area contributed by atoms with E-state index in [9.17, 15) is 0 Å². The van der Waals surface area contributed by atoms with Crippen LogP contribution in [-0.4, -0.2) is 14.2 Å². The second-order valence-electron chi connectivity index (χ2n) is 6.37. The molecule has 21 heavy (non-hydrogen) atoms. The summed E-state index contributed by atoms with van der Waals surface area (Å²) in [6, 6.07) is 17.2. The molecule has 0 radical (unpaired) electrons. The second kappa shape index (κ2) is 6.31. The summed E-state index contributed by atoms with van der Waals surface area (Å²) in [5.41, 5.74) is 4.01. The number of ether oxygens (including phenoxy) is 1. The molecular formula is C19H25NO. The van der Waals surface area contributed by atoms with Gasteiger partial charge in [0, 0.05) is 0 Å². The average molecular weight is 283 g/mol. The maximum absolute atomic E-state index is 5.32. The topological polar surface area (TPSA) is 21.3 Å². The third-order valence-corrected chi connectivity index (χ3v) is 3.83. The Balaban J connectivity index is 2.32. The van der Waals surface area contributed by atoms with Crippen molar-refractivity contribution in [3.63, 3.8) is 0 Å². The van der Waals surface area contributed by atoms with Crippen LogP contribution in [-0.2, 0) is 5.41 Å². The van der Waals surface area contributed by atoms with Crippen LogP contribution in [0, 0.1) is 0 Å². The minimum atomic E-state index is 0.175. The maximum atomic E-state index is 5.32. The molecule has 0 aliphatic rings. The first-order valence-electron chi connectivity index (χ1n) is 7.37. The zero-order valence-corrected chi connectivity index (χ0v) is 13.6. The second-order valence-corrected chi connectivity index (χ2v) is 6.37. The lowest BCUT2D eigenvalue weighted by Crippen LogP contribution is -2.18. The van der Waals surface area contributed by atoms with Crippen molar-refractivity contribution in [1.29, 1.82) is 0 Å². The Morgan fingerprint density at radius 2 is 1.62 bits per heavy atom. The zero-order valence-electron chi connectivity index (χ0n) is 13.6. The van der Waals surface area contributed by atoms with Gasteiger partial charge in [-0.2, -0.15) is 0 Å². The van der Waals surface area contributed by atoms with Crippen LogP contribution >= 0.6 is 0 Å². The van der Waals surface area contributed by atoms with E-state index in [4.69, 9.17) is 4.74 Å². The minimum absolute atomic E-state index is 0.175. The summed E-state index contributed by atoms with van der Waals surface area (Å²) in [7, 11) is 3.69. The number of rotatable bonds is 4. The van der Waals surface area contributed by atoms with E-state index in [1.807, 2.05) is 19.2 Å². The van der Waals surface area contributed by atoms with Crippen molar-refractivity contribution in [3.05, 3.63) is 65.2 Å². The van der Waals surface area contributed by atoms with Gasteiger partial charge in [-0.05, 0) is 41.3 Å². The van der Waals surface area contributed by atoms with Crippen molar-refractivity contribution in [1.82, 2.24) is 5.32 Å². The van der Waals surface area contributed by atoms with Gasteiger partial charge in [-0.15, -0.1) is 0 Å². The fourth-order valence-electron chi connectivity index (χ4n) is 2.52. The largest absolute Gasteiger partial charge is 0.497 e. The van der Waals surface area contributed by atoms with Crippen molar-refractivity contribution in [2.75, 3.05) is 14.2 Å². The Labute approximate surface area is 128 Å². The molecule has 0 heterocycles. The van der Waals surface area contributed by atoms with Crippen molar-refractivity contribution in [3.8, 4) is 5.75 Å². The molecule has 0 bridgehead atoms. The van der Waals surface area contributed by atoms with Crippen LogP contribution in [0.3, 0.4) is 0 Å². The predicted molar refractivity (Wildman–Crippen MR) is 89.0 cm³/mol. The Bertz CT molecular complexity index is 581. The van der Waals surface area contributed by atoms with Gasteiger partial charge >= 0.3 is 0 Å². The predicted octanol–water partition coefficient (Wildman–Crippen LogP) is 4.30. The van der Waals surface area contributed by atoms with Crippen LogP contribution in [0.4, 0.5) is 0 Å². The highest BCUT2D eigenvalue weighted by molar-refractivity contribution is 5.38. The SMILES string of the molecule is CNC(c1ccc(C(C)(C)C)cc1)c1cccc(OC)c1. The molecule has 1 atom stereocenters. The summed E-state index contributed by atoms with van der Waals surface area (Å²) in [6.45, 7) is 6.71. The highest BCUT2D eigenvalue weighted by Gasteiger charge is 2.16. The third kappa shape index (κ3) is 3.64. The van der Waals surface area contributed by atoms with Crippen molar-refractivity contribution in [2.45, 2.75) is 32.2 Å². The number of methoxy groups -OCH3 is 1. The van der Waals surface area contributed by atoms with Crippen LogP contribution in [0.25, 0.3) is 0 Å². The van der Waals surface area contributed by atoms with E-state index in [1.165, 1.54) is 16.7 Å². The lowest BCUT2D eigenvalue weighted by atomic mass is 9.86. The summed E-state index contributed by atoms with van der Waals surface area (Å²) >= 11 is 0. The molecule has 0 aliphatic carbocycles. The van der Waals surface area contributed by atoms with Crippen LogP contribution < -0.4 is 10.1 Å². The van der Waals surface area contributed by atoms with Crippen LogP contribution in [0.5, 0.6) is 5.75 Å². The van der Waals surface area contributed by atoms with Gasteiger partial charge in [0.05, 0.1) is 13.2 Å². The van der Waals surface area contributed by atoms with Gasteiger partial charge in [-0.1, -0.05) is 57.2 Å². The Morgan fingerprint density at radius 3 is 2.14 bits per heavy atom. The Hall–Kier alpha value is -1.80. The zero-order chi connectivity index (χ0) is 15.5. The summed E-state index contributed by atoms with van der Waals surface area (Å²) in [5, 5.41) is 3.39. The van der Waals surface area contributed by atoms with Gasteiger partial charge in [0.15, 0.2) is 0 Å². The highest BCUT2D eigenvalue weighted by atomic mass is 16.5. The van der Waals surface area contributed by atoms with E-state index >= 15 is 0 Å². The highest BCUT2D eigenvalue weighted by Crippen LogP contribution is 2.28. The monoisotopic (exact) mass is 283 g/mol. The fraction of sp³-hybridized carbons (Fsp3) is 0.368. The third-order valence-electron chi connectivity index (χ3n) is 3.83. The molecule has 0 fully saturated rings. The first kappa shape index (κ1) is 15.6. The van der Waals surface area contributed by atoms with Crippen LogP contribution in [0.1, 0.15) is 43.5 Å². The van der Waals surface area contributed by atoms with E-state index in [2.05, 4.69) is 62.5 Å². The van der Waals surface area contributed by atoms with E-state index < -0.39 is 0 Å². The van der Waals surface area contributed by atoms with E-state index in [1.54, 1.807) is 7.11 Å². The molecule has 0 spiro atoms. The molecule has 0 aliphatic heterocycles. The standard InChI is InChI=1S/C19H25NO/c1-19(2,3)16-11-9-14(10-12-16)18(20-4)15-7-6-8-17(13-15)21-5/h6-13,18,20H,1-5H3. The first-order chi connectivity index (χ1) is 9.95. The molecule has 2 aromatic carbocycles. The number of hydrogen-bond acceptors (Lipinski definition) is 2. The van der Waals surface area contributed by atoms with Crippen molar-refractivity contribution >= 4 is 0 Å². The maximum Gasteiger partial charge on any atom is 0.119 e. The number of benzene rings is 2. The number of hydrogen-bond donors (Lipinski definition) is 1. The van der Waals surface area contributed by atoms with Crippen LogP contribution in [0.2, 0.25) is 0 Å². The lowest BCUT2D eigenvalue weighted by Gasteiger charge is -2.22. The molecule has 0 aromatic heterocycles. The van der Waals surface area contributed by atoms with Gasteiger partial charge in [-0.3, -0.25) is 0 Å². The van der Waals surface area contributed by atoms with Gasteiger partial charge in [-0.25, -0.2) is 0 Å². The van der Waals surface area contributed by atoms with Gasteiger partial charge in [0.25, 0.3) is 0 Å². The molecule has 2 heteroatoms. The smallest absolute Gasteiger partial charge is 0.119 e. The average Bonchev–Trinajstić information content (AvgIpc) is 2.48. The van der Waals surface area contributed by atoms with E-state index in [-0.39, 0.29) is 11.5 Å². The molecule has 0 saturated carbocycles. The first-order valence-corrected chi connectivity index (χ1v) is 7.37. The Morgan fingerprint density at radius 1 is 0.952 bits per heavy atom. The van der Waals surface area contributed by atoms with Crippen LogP contribution in [0.15, 0.2) is 48.5 Å². The molecule has 1 unspecified atom stereocenters. The van der Waals surface area contributed by atoms with E-state index in [0.29, 0.717) is 0 Å². The van der Waals surface area contributed by atoms with E-state index in [0.717, 1.165) is 5.75 Å². The summed E-state index contributed by atoms with van der Waals surface area (Å²) in [6.07, 6.45) is 0. The van der Waals surface area contributed by atoms with Crippen molar-refractivity contribution < 1.29 is 4.74 Å². The summed E-state index contributed by atoms with van der Waals surface area (Å²) in [5.74, 6) is 0.888. The molecule has 112 valence electrons. The lowest BCUT2D eigenvalue weighted by molar-refractivity contribution is 0.414. The summed E-state index contributed by atoms with van der Waals surface area (Å²) in [4.78, 5) is 0. The van der Waals surface area contributed by atoms with Gasteiger partial charge < -0.3 is 10.1 Å². The number of nitrogens with one attached hydrogen (secondary N) is 1. The quantitative estimate of drug-likeness (QED) is 0.903. The molecule has 2 rings (SSSR count). The molecule has 0 saturated heterocycles. The molecule has 2 nitrogen and oxygen atoms in total. The Kier molecular flexibility index (Phi) is 4.69. The molecule has 2 aromatic rings. The molecule has 0 amide bonds. The van der Waals surface area contributed by atoms with Gasteiger partial charge in [0.2, 0.25) is 0 Å². The van der Waals surface area contributed by atoms with Gasteiger partial charge in [0.1, 0.15) is 5.75 Å². The molecule has 1 N–H and O–H groups in total. The minimum Gasteiger partial charge on any atom is -0.497 e. The molecular weight excluding hydrogens is 258 g/mol. The normalized spacial score (nSPS) is 13.0.